The van der Waals surface area contributed by atoms with Crippen molar-refractivity contribution in [2.24, 2.45) is 0 Å². The third kappa shape index (κ3) is 3.19. The summed E-state index contributed by atoms with van der Waals surface area (Å²) < 4.78 is 6.00. The van der Waals surface area contributed by atoms with Crippen molar-refractivity contribution in [1.29, 1.82) is 5.26 Å². The molecule has 0 unspecified atom stereocenters. The zero-order valence-electron chi connectivity index (χ0n) is 10.1. The molecule has 0 heterocycles. The van der Waals surface area contributed by atoms with Crippen LogP contribution < -0.4 is 10.1 Å². The topological polar surface area (TPSA) is 45.0 Å². The van der Waals surface area contributed by atoms with E-state index in [0.717, 1.165) is 15.8 Å². The van der Waals surface area contributed by atoms with Gasteiger partial charge in [0, 0.05) is 15.2 Å². The summed E-state index contributed by atoms with van der Waals surface area (Å²) >= 11 is 9.32. The predicted octanol–water partition coefficient (Wildman–Crippen LogP) is 4.73. The van der Waals surface area contributed by atoms with E-state index in [1.165, 1.54) is 0 Å². The number of benzene rings is 2. The van der Waals surface area contributed by atoms with Crippen molar-refractivity contribution in [3.63, 3.8) is 0 Å². The van der Waals surface area contributed by atoms with Crippen molar-refractivity contribution in [2.45, 2.75) is 0 Å². The molecule has 0 aliphatic heterocycles. The molecule has 0 aromatic heterocycles. The van der Waals surface area contributed by atoms with Gasteiger partial charge in [-0.15, -0.1) is 0 Å². The van der Waals surface area contributed by atoms with E-state index in [1.807, 2.05) is 12.1 Å². The molecule has 0 amide bonds. The zero-order valence-corrected chi connectivity index (χ0v) is 12.4. The van der Waals surface area contributed by atoms with Gasteiger partial charge in [0.2, 0.25) is 0 Å². The molecule has 0 aliphatic carbocycles. The monoisotopic (exact) mass is 336 g/mol. The molecule has 0 radical (unpaired) electrons. The lowest BCUT2D eigenvalue weighted by Crippen LogP contribution is -1.95. The van der Waals surface area contributed by atoms with Crippen LogP contribution in [-0.4, -0.2) is 7.11 Å². The van der Waals surface area contributed by atoms with Gasteiger partial charge in [-0.1, -0.05) is 11.6 Å². The van der Waals surface area contributed by atoms with Crippen molar-refractivity contribution < 1.29 is 4.74 Å². The first kappa shape index (κ1) is 13.7. The third-order valence-corrected chi connectivity index (χ3v) is 3.42. The van der Waals surface area contributed by atoms with Crippen LogP contribution in [0.3, 0.4) is 0 Å². The lowest BCUT2D eigenvalue weighted by molar-refractivity contribution is 0.417. The minimum atomic E-state index is 0.587. The van der Waals surface area contributed by atoms with Gasteiger partial charge in [0.15, 0.2) is 0 Å². The maximum absolute atomic E-state index is 8.88. The number of nitrogens with zero attached hydrogens (tertiary/aromatic N) is 1. The first-order chi connectivity index (χ1) is 9.13. The molecular weight excluding hydrogens is 328 g/mol. The fourth-order valence-corrected chi connectivity index (χ4v) is 2.26. The fraction of sp³-hybridized carbons (Fsp3) is 0.0714. The molecule has 1 N–H and O–H groups in total. The summed E-state index contributed by atoms with van der Waals surface area (Å²) in [6, 6.07) is 12.8. The van der Waals surface area contributed by atoms with E-state index in [-0.39, 0.29) is 0 Å². The summed E-state index contributed by atoms with van der Waals surface area (Å²) in [7, 11) is 1.60. The van der Waals surface area contributed by atoms with Crippen molar-refractivity contribution >= 4 is 38.9 Å². The lowest BCUT2D eigenvalue weighted by atomic mass is 10.2. The maximum atomic E-state index is 8.88. The van der Waals surface area contributed by atoms with Crippen LogP contribution in [0.1, 0.15) is 5.56 Å². The molecule has 0 bridgehead atoms. The minimum Gasteiger partial charge on any atom is -0.495 e. The van der Waals surface area contributed by atoms with Crippen LogP contribution in [0.15, 0.2) is 40.9 Å². The average Bonchev–Trinajstić information content (AvgIpc) is 2.39. The number of nitrogens with one attached hydrogen (secondary N) is 1. The summed E-state index contributed by atoms with van der Waals surface area (Å²) in [5.41, 5.74) is 2.20. The third-order valence-electron chi connectivity index (χ3n) is 2.53. The highest BCUT2D eigenvalue weighted by Crippen LogP contribution is 2.31. The molecule has 0 saturated carbocycles. The largest absolute Gasteiger partial charge is 0.495 e. The summed E-state index contributed by atoms with van der Waals surface area (Å²) in [5.74, 6) is 0.699. The van der Waals surface area contributed by atoms with E-state index >= 15 is 0 Å². The summed E-state index contributed by atoms with van der Waals surface area (Å²) in [6.07, 6.45) is 0. The van der Waals surface area contributed by atoms with Crippen LogP contribution in [0.5, 0.6) is 5.75 Å². The molecule has 19 heavy (non-hydrogen) atoms. The highest BCUT2D eigenvalue weighted by molar-refractivity contribution is 9.10. The van der Waals surface area contributed by atoms with Gasteiger partial charge >= 0.3 is 0 Å². The van der Waals surface area contributed by atoms with Crippen LogP contribution in [0, 0.1) is 11.3 Å². The molecule has 0 atom stereocenters. The van der Waals surface area contributed by atoms with Gasteiger partial charge in [-0.2, -0.15) is 5.26 Å². The lowest BCUT2D eigenvalue weighted by Gasteiger charge is -2.12. The van der Waals surface area contributed by atoms with Crippen LogP contribution in [0.4, 0.5) is 11.4 Å². The highest BCUT2D eigenvalue weighted by atomic mass is 79.9. The van der Waals surface area contributed by atoms with Gasteiger partial charge in [-0.25, -0.2) is 0 Å². The molecular formula is C14H10BrClN2O. The maximum Gasteiger partial charge on any atom is 0.142 e. The van der Waals surface area contributed by atoms with Crippen LogP contribution >= 0.6 is 27.5 Å². The van der Waals surface area contributed by atoms with Crippen LogP contribution in [-0.2, 0) is 0 Å². The molecule has 5 heteroatoms. The number of rotatable bonds is 3. The molecule has 0 saturated heterocycles. The Labute approximate surface area is 124 Å². The quantitative estimate of drug-likeness (QED) is 0.881. The summed E-state index contributed by atoms with van der Waals surface area (Å²) in [5, 5.41) is 12.7. The molecule has 0 fully saturated rings. The molecule has 0 spiro atoms. The predicted molar refractivity (Wildman–Crippen MR) is 80.1 cm³/mol. The normalized spacial score (nSPS) is 9.79. The number of methoxy groups -OCH3 is 1. The Bertz CT molecular complexity index is 652. The van der Waals surface area contributed by atoms with Gasteiger partial charge in [0.25, 0.3) is 0 Å². The number of nitriles is 1. The Morgan fingerprint density at radius 3 is 2.68 bits per heavy atom. The Morgan fingerprint density at radius 1 is 1.26 bits per heavy atom. The van der Waals surface area contributed by atoms with Gasteiger partial charge in [0.05, 0.1) is 18.4 Å². The Balaban J connectivity index is 2.33. The number of ether oxygens (including phenoxy) is 1. The van der Waals surface area contributed by atoms with Crippen LogP contribution in [0.25, 0.3) is 0 Å². The average molecular weight is 338 g/mol. The molecule has 96 valence electrons. The van der Waals surface area contributed by atoms with E-state index in [1.54, 1.807) is 31.4 Å². The summed E-state index contributed by atoms with van der Waals surface area (Å²) in [4.78, 5) is 0. The standard InChI is InChI=1S/C14H10BrClN2O/c1-19-14-5-3-10(16)6-13(14)18-11-4-2-9(8-17)12(15)7-11/h2-7,18H,1H3. The number of hydrogen-bond donors (Lipinski definition) is 1. The van der Waals surface area contributed by atoms with Gasteiger partial charge < -0.3 is 10.1 Å². The second-order valence-electron chi connectivity index (χ2n) is 3.78. The van der Waals surface area contributed by atoms with E-state index in [2.05, 4.69) is 27.3 Å². The van der Waals surface area contributed by atoms with Gasteiger partial charge in [0.1, 0.15) is 11.8 Å². The Morgan fingerprint density at radius 2 is 2.05 bits per heavy atom. The second kappa shape index (κ2) is 5.96. The van der Waals surface area contributed by atoms with Gasteiger partial charge in [-0.05, 0) is 52.3 Å². The highest BCUT2D eigenvalue weighted by Gasteiger charge is 2.06. The fourth-order valence-electron chi connectivity index (χ4n) is 1.62. The Hall–Kier alpha value is -1.70. The molecule has 2 aromatic carbocycles. The minimum absolute atomic E-state index is 0.587. The van der Waals surface area contributed by atoms with E-state index in [0.29, 0.717) is 16.3 Å². The number of anilines is 2. The first-order valence-electron chi connectivity index (χ1n) is 5.44. The molecule has 2 aromatic rings. The number of halogens is 2. The van der Waals surface area contributed by atoms with E-state index < -0.39 is 0 Å². The second-order valence-corrected chi connectivity index (χ2v) is 5.07. The molecule has 2 rings (SSSR count). The molecule has 3 nitrogen and oxygen atoms in total. The van der Waals surface area contributed by atoms with E-state index in [9.17, 15) is 0 Å². The van der Waals surface area contributed by atoms with Crippen LogP contribution in [0.2, 0.25) is 5.02 Å². The SMILES string of the molecule is COc1ccc(Cl)cc1Nc1ccc(C#N)c(Br)c1. The summed E-state index contributed by atoms with van der Waals surface area (Å²) in [6.45, 7) is 0. The Kier molecular flexibility index (Phi) is 4.31. The smallest absolute Gasteiger partial charge is 0.142 e. The van der Waals surface area contributed by atoms with Crippen molar-refractivity contribution in [2.75, 3.05) is 12.4 Å². The van der Waals surface area contributed by atoms with Crippen molar-refractivity contribution in [3.8, 4) is 11.8 Å². The first-order valence-corrected chi connectivity index (χ1v) is 6.61. The molecule has 0 aliphatic rings. The van der Waals surface area contributed by atoms with Crippen molar-refractivity contribution in [3.05, 3.63) is 51.5 Å². The van der Waals surface area contributed by atoms with E-state index in [4.69, 9.17) is 21.6 Å². The van der Waals surface area contributed by atoms with Gasteiger partial charge in [-0.3, -0.25) is 0 Å². The van der Waals surface area contributed by atoms with Crippen molar-refractivity contribution in [1.82, 2.24) is 0 Å². The zero-order chi connectivity index (χ0) is 13.8. The number of hydrogen-bond acceptors (Lipinski definition) is 3.